The molecule has 2 heterocycles. The van der Waals surface area contributed by atoms with Crippen LogP contribution in [-0.4, -0.2) is 65.6 Å². The lowest BCUT2D eigenvalue weighted by molar-refractivity contribution is -0.140. The molecule has 2 fully saturated rings. The highest BCUT2D eigenvalue weighted by atomic mass is 19.4. The number of alkyl halides is 3. The Morgan fingerprint density at radius 3 is 2.49 bits per heavy atom. The van der Waals surface area contributed by atoms with Crippen LogP contribution in [0.15, 0.2) is 48.5 Å². The molecule has 1 aliphatic heterocycles. The van der Waals surface area contributed by atoms with E-state index in [1.54, 1.807) is 6.07 Å². The van der Waals surface area contributed by atoms with Crippen molar-refractivity contribution < 1.29 is 22.7 Å². The van der Waals surface area contributed by atoms with Crippen molar-refractivity contribution in [3.63, 3.8) is 0 Å². The molecule has 0 spiro atoms. The number of nitrogens with zero attached hydrogens (tertiary/aromatic N) is 4. The Hall–Kier alpha value is -3.68. The predicted octanol–water partition coefficient (Wildman–Crippen LogP) is 5.52. The summed E-state index contributed by atoms with van der Waals surface area (Å²) in [5, 5.41) is 13.3. The molecular formula is C31H34F3N5O2. The summed E-state index contributed by atoms with van der Waals surface area (Å²) < 4.78 is 45.7. The van der Waals surface area contributed by atoms with Crippen LogP contribution in [0.25, 0.3) is 10.9 Å². The largest absolute Gasteiger partial charge is 0.417 e. The third-order valence-electron chi connectivity index (χ3n) is 7.95. The number of piperazine rings is 1. The average molecular weight is 566 g/mol. The molecule has 2 aromatic carbocycles. The maximum atomic E-state index is 13.3. The second kappa shape index (κ2) is 12.5. The number of nitriles is 1. The van der Waals surface area contributed by atoms with Crippen molar-refractivity contribution in [1.82, 2.24) is 14.8 Å². The monoisotopic (exact) mass is 565 g/mol. The zero-order valence-corrected chi connectivity index (χ0v) is 23.1. The molecular weight excluding hydrogens is 531 g/mol. The number of benzene rings is 2. The summed E-state index contributed by atoms with van der Waals surface area (Å²) in [4.78, 5) is 21.8. The van der Waals surface area contributed by atoms with Crippen LogP contribution in [0.2, 0.25) is 0 Å². The second-order valence-corrected chi connectivity index (χ2v) is 11.0. The van der Waals surface area contributed by atoms with Crippen LogP contribution in [0.5, 0.6) is 0 Å². The average Bonchev–Trinajstić information content (AvgIpc) is 2.96. The first-order valence-electron chi connectivity index (χ1n) is 14.0. The van der Waals surface area contributed by atoms with Crippen LogP contribution in [-0.2, 0) is 22.3 Å². The quantitative estimate of drug-likeness (QED) is 0.407. The number of carbonyl (C=O) groups excluding carboxylic acids is 1. The first-order chi connectivity index (χ1) is 19.7. The number of hydrogen-bond acceptors (Lipinski definition) is 6. The van der Waals surface area contributed by atoms with Crippen molar-refractivity contribution in [2.24, 2.45) is 0 Å². The van der Waals surface area contributed by atoms with Gasteiger partial charge in [0.25, 0.3) is 0 Å². The van der Waals surface area contributed by atoms with E-state index >= 15 is 0 Å². The molecule has 1 saturated carbocycles. The number of amides is 1. The molecule has 0 atom stereocenters. The van der Waals surface area contributed by atoms with Gasteiger partial charge in [-0.2, -0.15) is 18.4 Å². The number of nitrogens with one attached hydrogen (secondary N) is 1. The number of aryl methyl sites for hydroxylation is 1. The van der Waals surface area contributed by atoms with Crippen molar-refractivity contribution >= 4 is 22.5 Å². The molecule has 0 unspecified atom stereocenters. The molecule has 2 aliphatic rings. The number of aromatic nitrogens is 1. The fourth-order valence-corrected chi connectivity index (χ4v) is 5.60. The van der Waals surface area contributed by atoms with E-state index in [1.165, 1.54) is 17.7 Å². The lowest BCUT2D eigenvalue weighted by Crippen LogP contribution is -2.49. The summed E-state index contributed by atoms with van der Waals surface area (Å²) in [7, 11) is 0. The maximum absolute atomic E-state index is 13.3. The summed E-state index contributed by atoms with van der Waals surface area (Å²) in [5.74, 6) is -0.0125. The summed E-state index contributed by atoms with van der Waals surface area (Å²) >= 11 is 0. The zero-order valence-electron chi connectivity index (χ0n) is 23.1. The summed E-state index contributed by atoms with van der Waals surface area (Å²) in [6, 6.07) is 15.8. The highest BCUT2D eigenvalue weighted by Gasteiger charge is 2.34. The highest BCUT2D eigenvalue weighted by Crippen LogP contribution is 2.34. The van der Waals surface area contributed by atoms with E-state index in [0.717, 1.165) is 68.0 Å². The number of anilines is 1. The fourth-order valence-electron chi connectivity index (χ4n) is 5.60. The van der Waals surface area contributed by atoms with Crippen LogP contribution in [0.1, 0.15) is 48.1 Å². The van der Waals surface area contributed by atoms with Crippen LogP contribution >= 0.6 is 0 Å². The minimum absolute atomic E-state index is 0.00812. The van der Waals surface area contributed by atoms with E-state index in [1.807, 2.05) is 4.90 Å². The lowest BCUT2D eigenvalue weighted by atomic mass is 9.92. The van der Waals surface area contributed by atoms with Crippen molar-refractivity contribution in [3.05, 3.63) is 70.9 Å². The number of hydrogen-bond donors (Lipinski definition) is 1. The minimum Gasteiger partial charge on any atom is -0.382 e. The molecule has 1 amide bonds. The molecule has 41 heavy (non-hydrogen) atoms. The number of carbonyl (C=O) groups is 1. The van der Waals surface area contributed by atoms with Crippen molar-refractivity contribution in [3.8, 4) is 6.07 Å². The van der Waals surface area contributed by atoms with Crippen molar-refractivity contribution in [2.45, 2.75) is 57.5 Å². The van der Waals surface area contributed by atoms with Crippen molar-refractivity contribution in [2.75, 3.05) is 38.1 Å². The normalized spacial score (nSPS) is 20.1. The van der Waals surface area contributed by atoms with Gasteiger partial charge < -0.3 is 15.0 Å². The van der Waals surface area contributed by atoms with Gasteiger partial charge in [-0.05, 0) is 68.5 Å². The predicted molar refractivity (Wildman–Crippen MR) is 150 cm³/mol. The Labute approximate surface area is 237 Å². The molecule has 216 valence electrons. The van der Waals surface area contributed by atoms with E-state index in [9.17, 15) is 18.0 Å². The fraction of sp³-hybridized carbons (Fsp3) is 0.452. The lowest BCUT2D eigenvalue weighted by Gasteiger charge is -2.35. The van der Waals surface area contributed by atoms with Crippen LogP contribution in [0.3, 0.4) is 0 Å². The summed E-state index contributed by atoms with van der Waals surface area (Å²) in [5.41, 5.74) is 2.25. The third kappa shape index (κ3) is 7.34. The number of halogens is 3. The van der Waals surface area contributed by atoms with Gasteiger partial charge in [-0.1, -0.05) is 18.2 Å². The van der Waals surface area contributed by atoms with Gasteiger partial charge >= 0.3 is 6.18 Å². The topological polar surface area (TPSA) is 81.5 Å². The molecule has 1 saturated heterocycles. The van der Waals surface area contributed by atoms with Crippen LogP contribution < -0.4 is 5.32 Å². The number of rotatable bonds is 7. The maximum Gasteiger partial charge on any atom is 0.417 e. The Bertz CT molecular complexity index is 1420. The van der Waals surface area contributed by atoms with E-state index in [4.69, 9.17) is 15.0 Å². The summed E-state index contributed by atoms with van der Waals surface area (Å²) in [6.07, 6.45) is -1.74. The van der Waals surface area contributed by atoms with E-state index in [0.29, 0.717) is 18.8 Å². The molecule has 1 aromatic heterocycles. The number of pyridine rings is 1. The first-order valence-corrected chi connectivity index (χ1v) is 14.0. The van der Waals surface area contributed by atoms with E-state index in [2.05, 4.69) is 47.5 Å². The highest BCUT2D eigenvalue weighted by molar-refractivity contribution is 5.79. The standard InChI is InChI=1S/C31H34F3N5O2/c1-21-2-3-22-4-7-26(37-29(22)16-21)19-38-12-14-39(15-13-38)30(40)20-41-27-10-8-24(9-11-27)36-25-6-5-23(18-35)28(17-25)31(32,33)34/h2-7,16-17,24,27,36H,8-15,19-20H2,1H3. The van der Waals surface area contributed by atoms with Gasteiger partial charge in [0.05, 0.1) is 34.5 Å². The minimum atomic E-state index is -4.58. The molecule has 0 bridgehead atoms. The molecule has 3 aromatic rings. The molecule has 7 nitrogen and oxygen atoms in total. The molecule has 1 aliphatic carbocycles. The zero-order chi connectivity index (χ0) is 29.0. The Morgan fingerprint density at radius 1 is 1.05 bits per heavy atom. The van der Waals surface area contributed by atoms with Crippen LogP contribution in [0.4, 0.5) is 18.9 Å². The Kier molecular flexibility index (Phi) is 8.76. The third-order valence-corrected chi connectivity index (χ3v) is 7.95. The van der Waals surface area contributed by atoms with Gasteiger partial charge in [0.15, 0.2) is 0 Å². The van der Waals surface area contributed by atoms with Gasteiger partial charge in [0.2, 0.25) is 5.91 Å². The number of ether oxygens (including phenoxy) is 1. The number of fused-ring (bicyclic) bond motifs is 1. The Morgan fingerprint density at radius 2 is 1.78 bits per heavy atom. The molecule has 0 radical (unpaired) electrons. The molecule has 10 heteroatoms. The van der Waals surface area contributed by atoms with Gasteiger partial charge in [0.1, 0.15) is 6.61 Å². The van der Waals surface area contributed by atoms with E-state index < -0.39 is 11.7 Å². The Balaban J connectivity index is 1.03. The SMILES string of the molecule is Cc1ccc2ccc(CN3CCN(C(=O)COC4CCC(Nc5ccc(C#N)c(C(F)(F)F)c5)CC4)CC3)nc2c1. The van der Waals surface area contributed by atoms with Crippen molar-refractivity contribution in [1.29, 1.82) is 5.26 Å². The molecule has 5 rings (SSSR count). The van der Waals surface area contributed by atoms with Gasteiger partial charge in [-0.3, -0.25) is 14.7 Å². The van der Waals surface area contributed by atoms with Gasteiger partial charge in [-0.15, -0.1) is 0 Å². The first kappa shape index (κ1) is 28.8. The smallest absolute Gasteiger partial charge is 0.382 e. The van der Waals surface area contributed by atoms with Gasteiger partial charge in [-0.25, -0.2) is 0 Å². The van der Waals surface area contributed by atoms with E-state index in [-0.39, 0.29) is 30.2 Å². The second-order valence-electron chi connectivity index (χ2n) is 11.0. The molecule has 1 N–H and O–H groups in total. The van der Waals surface area contributed by atoms with Gasteiger partial charge in [0, 0.05) is 49.8 Å². The van der Waals surface area contributed by atoms with Crippen LogP contribution in [0, 0.1) is 18.3 Å². The summed E-state index contributed by atoms with van der Waals surface area (Å²) in [6.45, 7) is 5.71.